The second kappa shape index (κ2) is 5.39. The molecular formula is C19H18N2OS. The highest BCUT2D eigenvalue weighted by Crippen LogP contribution is 2.34. The maximum absolute atomic E-state index is 5.74. The predicted molar refractivity (Wildman–Crippen MR) is 96.7 cm³/mol. The van der Waals surface area contributed by atoms with Crippen LogP contribution in [0.1, 0.15) is 18.1 Å². The molecule has 0 aliphatic heterocycles. The Labute approximate surface area is 139 Å². The van der Waals surface area contributed by atoms with Crippen molar-refractivity contribution in [3.63, 3.8) is 0 Å². The molecule has 3 nitrogen and oxygen atoms in total. The van der Waals surface area contributed by atoms with Crippen molar-refractivity contribution >= 4 is 26.5 Å². The molecule has 0 saturated heterocycles. The van der Waals surface area contributed by atoms with Crippen LogP contribution < -0.4 is 4.74 Å². The monoisotopic (exact) mass is 322 g/mol. The highest BCUT2D eigenvalue weighted by atomic mass is 32.1. The lowest BCUT2D eigenvalue weighted by atomic mass is 10.1. The maximum Gasteiger partial charge on any atom is 0.195 e. The summed E-state index contributed by atoms with van der Waals surface area (Å²) >= 11 is 1.73. The second-order valence-electron chi connectivity index (χ2n) is 5.71. The molecule has 0 radical (unpaired) electrons. The van der Waals surface area contributed by atoms with Gasteiger partial charge in [-0.05, 0) is 56.2 Å². The molecular weight excluding hydrogens is 304 g/mol. The molecule has 4 rings (SSSR count). The molecule has 0 aliphatic rings. The molecule has 0 spiro atoms. The summed E-state index contributed by atoms with van der Waals surface area (Å²) < 4.78 is 9.20. The normalized spacial score (nSPS) is 11.4. The van der Waals surface area contributed by atoms with E-state index in [-0.39, 0.29) is 0 Å². The first kappa shape index (κ1) is 14.3. The number of rotatable bonds is 3. The second-order valence-corrected chi connectivity index (χ2v) is 6.72. The number of hydrogen-bond donors (Lipinski definition) is 0. The van der Waals surface area contributed by atoms with E-state index in [1.165, 1.54) is 21.3 Å². The number of imidazole rings is 1. The quantitative estimate of drug-likeness (QED) is 0.516. The number of ether oxygens (including phenoxy) is 1. The van der Waals surface area contributed by atoms with Crippen molar-refractivity contribution in [2.75, 3.05) is 6.61 Å². The van der Waals surface area contributed by atoms with E-state index in [4.69, 9.17) is 9.72 Å². The Morgan fingerprint density at radius 1 is 1.13 bits per heavy atom. The highest BCUT2D eigenvalue weighted by Gasteiger charge is 2.13. The van der Waals surface area contributed by atoms with Crippen LogP contribution in [-0.4, -0.2) is 16.0 Å². The van der Waals surface area contributed by atoms with Crippen molar-refractivity contribution in [2.45, 2.75) is 20.8 Å². The molecule has 4 heteroatoms. The number of hydrogen-bond acceptors (Lipinski definition) is 3. The Kier molecular flexibility index (Phi) is 3.34. The number of para-hydroxylation sites is 1. The molecule has 0 saturated carbocycles. The van der Waals surface area contributed by atoms with Crippen molar-refractivity contribution in [2.24, 2.45) is 0 Å². The molecule has 23 heavy (non-hydrogen) atoms. The molecule has 0 atom stereocenters. The summed E-state index contributed by atoms with van der Waals surface area (Å²) in [6.07, 6.45) is 2.11. The first-order valence-electron chi connectivity index (χ1n) is 7.78. The van der Waals surface area contributed by atoms with Gasteiger partial charge < -0.3 is 4.74 Å². The third-order valence-corrected chi connectivity index (χ3v) is 5.19. The number of aryl methyl sites for hydroxylation is 2. The fourth-order valence-electron chi connectivity index (χ4n) is 2.84. The van der Waals surface area contributed by atoms with Gasteiger partial charge >= 0.3 is 0 Å². The molecule has 0 unspecified atom stereocenters. The number of fused-ring (bicyclic) bond motifs is 3. The van der Waals surface area contributed by atoms with Gasteiger partial charge in [-0.1, -0.05) is 23.5 Å². The van der Waals surface area contributed by atoms with Gasteiger partial charge in [0.05, 0.1) is 22.5 Å². The van der Waals surface area contributed by atoms with Crippen LogP contribution in [0.4, 0.5) is 0 Å². The third kappa shape index (κ3) is 2.30. The number of benzene rings is 2. The summed E-state index contributed by atoms with van der Waals surface area (Å²) in [7, 11) is 0. The van der Waals surface area contributed by atoms with Gasteiger partial charge in [0, 0.05) is 11.8 Å². The lowest BCUT2D eigenvalue weighted by molar-refractivity contribution is 0.341. The van der Waals surface area contributed by atoms with Gasteiger partial charge in [-0.25, -0.2) is 4.98 Å². The molecule has 0 N–H and O–H groups in total. The summed E-state index contributed by atoms with van der Waals surface area (Å²) in [5.41, 5.74) is 5.86. The number of nitrogens with zero attached hydrogens (tertiary/aromatic N) is 2. The first-order chi connectivity index (χ1) is 11.2. The molecule has 0 amide bonds. The lowest BCUT2D eigenvalue weighted by Gasteiger charge is -2.07. The van der Waals surface area contributed by atoms with Crippen LogP contribution in [0.25, 0.3) is 26.4 Å². The average Bonchev–Trinajstić information content (AvgIpc) is 3.07. The standard InChI is InChI=1S/C19H18N2OS/c1-4-22-17-8-6-5-7-14(17)15-11-21-16-9-12(2)13(3)10-18(16)23-19(21)20-15/h5-11H,4H2,1-3H3. The minimum absolute atomic E-state index is 0.653. The third-order valence-electron chi connectivity index (χ3n) is 4.17. The number of thiazole rings is 1. The predicted octanol–water partition coefficient (Wildman–Crippen LogP) is 5.23. The Morgan fingerprint density at radius 2 is 1.91 bits per heavy atom. The van der Waals surface area contributed by atoms with Crippen molar-refractivity contribution in [3.8, 4) is 17.0 Å². The van der Waals surface area contributed by atoms with E-state index in [1.807, 2.05) is 25.1 Å². The summed E-state index contributed by atoms with van der Waals surface area (Å²) in [4.78, 5) is 5.84. The van der Waals surface area contributed by atoms with Gasteiger partial charge in [0.25, 0.3) is 0 Å². The summed E-state index contributed by atoms with van der Waals surface area (Å²) in [6.45, 7) is 6.96. The van der Waals surface area contributed by atoms with E-state index < -0.39 is 0 Å². The van der Waals surface area contributed by atoms with Crippen molar-refractivity contribution < 1.29 is 4.74 Å². The smallest absolute Gasteiger partial charge is 0.195 e. The highest BCUT2D eigenvalue weighted by molar-refractivity contribution is 7.23. The van der Waals surface area contributed by atoms with E-state index in [9.17, 15) is 0 Å². The Morgan fingerprint density at radius 3 is 2.74 bits per heavy atom. The van der Waals surface area contributed by atoms with Crippen LogP contribution in [0.2, 0.25) is 0 Å². The minimum Gasteiger partial charge on any atom is -0.493 e. The summed E-state index contributed by atoms with van der Waals surface area (Å²) in [6, 6.07) is 12.6. The maximum atomic E-state index is 5.74. The minimum atomic E-state index is 0.653. The zero-order valence-corrected chi connectivity index (χ0v) is 14.3. The van der Waals surface area contributed by atoms with Crippen molar-refractivity contribution in [1.29, 1.82) is 0 Å². The van der Waals surface area contributed by atoms with E-state index in [0.29, 0.717) is 6.61 Å². The largest absolute Gasteiger partial charge is 0.493 e. The van der Waals surface area contributed by atoms with Gasteiger partial charge in [-0.2, -0.15) is 0 Å². The molecule has 2 heterocycles. The summed E-state index contributed by atoms with van der Waals surface area (Å²) in [5, 5.41) is 0. The van der Waals surface area contributed by atoms with E-state index in [0.717, 1.165) is 22.0 Å². The van der Waals surface area contributed by atoms with Crippen LogP contribution in [0.15, 0.2) is 42.6 Å². The average molecular weight is 322 g/mol. The SMILES string of the molecule is CCOc1ccccc1-c1cn2c(n1)sc1cc(C)c(C)cc12. The van der Waals surface area contributed by atoms with Crippen molar-refractivity contribution in [3.05, 3.63) is 53.7 Å². The Bertz CT molecular complexity index is 1010. The van der Waals surface area contributed by atoms with Crippen LogP contribution >= 0.6 is 11.3 Å². The zero-order chi connectivity index (χ0) is 16.0. The fraction of sp³-hybridized carbons (Fsp3) is 0.211. The van der Waals surface area contributed by atoms with E-state index in [2.05, 4.69) is 42.6 Å². The van der Waals surface area contributed by atoms with E-state index >= 15 is 0 Å². The van der Waals surface area contributed by atoms with Crippen LogP contribution in [0.3, 0.4) is 0 Å². The van der Waals surface area contributed by atoms with Gasteiger partial charge in [0.15, 0.2) is 4.96 Å². The molecule has 0 bridgehead atoms. The summed E-state index contributed by atoms with van der Waals surface area (Å²) in [5.74, 6) is 0.886. The molecule has 4 aromatic rings. The van der Waals surface area contributed by atoms with E-state index in [1.54, 1.807) is 11.3 Å². The van der Waals surface area contributed by atoms with Gasteiger partial charge in [-0.3, -0.25) is 4.40 Å². The Hall–Kier alpha value is -2.33. The Balaban J connectivity index is 1.92. The molecule has 0 fully saturated rings. The first-order valence-corrected chi connectivity index (χ1v) is 8.60. The topological polar surface area (TPSA) is 26.5 Å². The van der Waals surface area contributed by atoms with Crippen LogP contribution in [0, 0.1) is 13.8 Å². The van der Waals surface area contributed by atoms with Crippen molar-refractivity contribution in [1.82, 2.24) is 9.38 Å². The molecule has 116 valence electrons. The lowest BCUT2D eigenvalue weighted by Crippen LogP contribution is -1.93. The van der Waals surface area contributed by atoms with Gasteiger partial charge in [0.2, 0.25) is 0 Å². The molecule has 2 aromatic carbocycles. The molecule has 2 aromatic heterocycles. The fourth-order valence-corrected chi connectivity index (χ4v) is 3.93. The van der Waals surface area contributed by atoms with Crippen LogP contribution in [0.5, 0.6) is 5.75 Å². The number of aromatic nitrogens is 2. The zero-order valence-electron chi connectivity index (χ0n) is 13.5. The molecule has 0 aliphatic carbocycles. The van der Waals surface area contributed by atoms with Gasteiger partial charge in [-0.15, -0.1) is 0 Å². The van der Waals surface area contributed by atoms with Gasteiger partial charge in [0.1, 0.15) is 5.75 Å². The van der Waals surface area contributed by atoms with Crippen LogP contribution in [-0.2, 0) is 0 Å².